The van der Waals surface area contributed by atoms with Crippen LogP contribution in [0.5, 0.6) is 0 Å². The molecule has 36 heavy (non-hydrogen) atoms. The highest BCUT2D eigenvalue weighted by Gasteiger charge is 2.27. The quantitative estimate of drug-likeness (QED) is 0.148. The number of thiocarbonyl (C=S) groups is 2. The summed E-state index contributed by atoms with van der Waals surface area (Å²) in [5.41, 5.74) is 0. The Kier molecular flexibility index (Phi) is 18.3. The van der Waals surface area contributed by atoms with Crippen molar-refractivity contribution in [1.82, 2.24) is 0 Å². The van der Waals surface area contributed by atoms with E-state index in [1.54, 1.807) is 0 Å². The molecule has 0 aliphatic carbocycles. The Morgan fingerprint density at radius 3 is 1.19 bits per heavy atom. The minimum absolute atomic E-state index is 0.00496. The summed E-state index contributed by atoms with van der Waals surface area (Å²) in [7, 11) is 2.80. The van der Waals surface area contributed by atoms with Gasteiger partial charge in [0.1, 0.15) is 0 Å². The van der Waals surface area contributed by atoms with Crippen LogP contribution in [0.1, 0.15) is 81.1 Å². The van der Waals surface area contributed by atoms with E-state index in [0.717, 1.165) is 12.8 Å². The smallest absolute Gasteiger partial charge is 0.308 e. The molecule has 0 bridgehead atoms. The number of thioether (sulfide) groups is 2. The average molecular weight is 583 g/mol. The summed E-state index contributed by atoms with van der Waals surface area (Å²) < 4.78 is 22.7. The van der Waals surface area contributed by atoms with Crippen LogP contribution in [-0.4, -0.2) is 57.6 Å². The van der Waals surface area contributed by atoms with Crippen LogP contribution in [0.15, 0.2) is 0 Å². The second kappa shape index (κ2) is 18.6. The molecule has 0 spiro atoms. The fraction of sp³-hybridized carbons (Fsp3) is 0.846. The van der Waals surface area contributed by atoms with Crippen LogP contribution in [0.3, 0.4) is 0 Å². The van der Waals surface area contributed by atoms with Crippen LogP contribution < -0.4 is 0 Å². The van der Waals surface area contributed by atoms with Gasteiger partial charge >= 0.3 is 11.9 Å². The molecular weight excluding hydrogens is 537 g/mol. The standard InChI is InChI=1S/C26H46O6S4/c1-15(2)19(7)31-25(33)35-21(13-17(5)23(27)29-9)11-12-22(14-18(6)24(28)30-10)36-26(34)32-20(8)16(3)4/h15-22H,11-14H2,1-10H3. The van der Waals surface area contributed by atoms with Gasteiger partial charge in [0.15, 0.2) is 0 Å². The summed E-state index contributed by atoms with van der Waals surface area (Å²) in [6, 6.07) is 0. The zero-order valence-electron chi connectivity index (χ0n) is 23.5. The molecule has 6 unspecified atom stereocenters. The van der Waals surface area contributed by atoms with Crippen LogP contribution in [0.25, 0.3) is 0 Å². The lowest BCUT2D eigenvalue weighted by Crippen LogP contribution is -2.24. The number of hydrogen-bond acceptors (Lipinski definition) is 10. The predicted octanol–water partition coefficient (Wildman–Crippen LogP) is 7.06. The van der Waals surface area contributed by atoms with Crippen molar-refractivity contribution in [2.45, 2.75) is 104 Å². The maximum atomic E-state index is 12.1. The van der Waals surface area contributed by atoms with Crippen LogP contribution in [0.2, 0.25) is 0 Å². The third kappa shape index (κ3) is 15.0. The van der Waals surface area contributed by atoms with E-state index in [9.17, 15) is 9.59 Å². The second-order valence-electron chi connectivity index (χ2n) is 10.0. The monoisotopic (exact) mass is 582 g/mol. The molecule has 0 saturated heterocycles. The van der Waals surface area contributed by atoms with Gasteiger partial charge in [-0.25, -0.2) is 0 Å². The minimum Gasteiger partial charge on any atom is -0.475 e. The first-order valence-electron chi connectivity index (χ1n) is 12.6. The second-order valence-corrected chi connectivity index (χ2v) is 13.8. The van der Waals surface area contributed by atoms with E-state index in [1.807, 2.05) is 27.7 Å². The number of carbonyl (C=O) groups excluding carboxylic acids is 2. The van der Waals surface area contributed by atoms with Crippen molar-refractivity contribution in [2.24, 2.45) is 23.7 Å². The normalized spacial score (nSPS) is 16.4. The summed E-state index contributed by atoms with van der Waals surface area (Å²) in [5.74, 6) is -0.351. The van der Waals surface area contributed by atoms with Gasteiger partial charge in [0, 0.05) is 10.5 Å². The largest absolute Gasteiger partial charge is 0.475 e. The van der Waals surface area contributed by atoms with Crippen molar-refractivity contribution in [2.75, 3.05) is 14.2 Å². The Bertz CT molecular complexity index is 642. The van der Waals surface area contributed by atoms with E-state index in [4.69, 9.17) is 43.4 Å². The summed E-state index contributed by atoms with van der Waals surface area (Å²) in [6.07, 6.45) is 2.74. The van der Waals surface area contributed by atoms with Gasteiger partial charge in [-0.1, -0.05) is 65.1 Å². The lowest BCUT2D eigenvalue weighted by molar-refractivity contribution is -0.145. The molecule has 0 aliphatic heterocycles. The topological polar surface area (TPSA) is 71.1 Å². The molecule has 0 rings (SSSR count). The molecule has 0 N–H and O–H groups in total. The van der Waals surface area contributed by atoms with Gasteiger partial charge in [0.05, 0.1) is 38.3 Å². The van der Waals surface area contributed by atoms with E-state index in [1.165, 1.54) is 37.7 Å². The van der Waals surface area contributed by atoms with Crippen molar-refractivity contribution >= 4 is 68.7 Å². The lowest BCUT2D eigenvalue weighted by Gasteiger charge is -2.26. The molecule has 0 aromatic carbocycles. The summed E-state index contributed by atoms with van der Waals surface area (Å²) in [4.78, 5) is 24.2. The highest BCUT2D eigenvalue weighted by Crippen LogP contribution is 2.33. The number of methoxy groups -OCH3 is 2. The van der Waals surface area contributed by atoms with Crippen LogP contribution >= 0.6 is 48.0 Å². The van der Waals surface area contributed by atoms with E-state index >= 15 is 0 Å². The van der Waals surface area contributed by atoms with E-state index in [-0.39, 0.29) is 46.5 Å². The van der Waals surface area contributed by atoms with Gasteiger partial charge in [-0.15, -0.1) is 0 Å². The highest BCUT2D eigenvalue weighted by molar-refractivity contribution is 8.23. The van der Waals surface area contributed by atoms with Crippen molar-refractivity contribution in [3.05, 3.63) is 0 Å². The number of carbonyl (C=O) groups is 2. The Morgan fingerprint density at radius 2 is 0.944 bits per heavy atom. The molecule has 0 aromatic heterocycles. The summed E-state index contributed by atoms with van der Waals surface area (Å²) in [5, 5.41) is 0.0955. The van der Waals surface area contributed by atoms with Gasteiger partial charge in [-0.2, -0.15) is 0 Å². The van der Waals surface area contributed by atoms with Gasteiger partial charge in [-0.05, 0) is 75.8 Å². The van der Waals surface area contributed by atoms with Crippen molar-refractivity contribution in [1.29, 1.82) is 0 Å². The average Bonchev–Trinajstić information content (AvgIpc) is 2.80. The SMILES string of the molecule is COC(=O)C(C)CC(CCC(CC(C)C(=O)OC)SC(=S)OC(C)C(C)C)SC(=S)OC(C)C(C)C. The maximum absolute atomic E-state index is 12.1. The maximum Gasteiger partial charge on any atom is 0.308 e. The minimum atomic E-state index is -0.269. The fourth-order valence-corrected chi connectivity index (χ4v) is 6.47. The van der Waals surface area contributed by atoms with Crippen molar-refractivity contribution in [3.63, 3.8) is 0 Å². The molecular formula is C26H46O6S4. The van der Waals surface area contributed by atoms with Gasteiger partial charge in [0.25, 0.3) is 0 Å². The molecule has 6 nitrogen and oxygen atoms in total. The number of rotatable bonds is 15. The molecule has 10 heteroatoms. The molecule has 0 aliphatic rings. The van der Waals surface area contributed by atoms with Gasteiger partial charge in [-0.3, -0.25) is 9.59 Å². The molecule has 0 saturated carbocycles. The number of hydrogen-bond donors (Lipinski definition) is 0. The van der Waals surface area contributed by atoms with Crippen LogP contribution in [-0.2, 0) is 28.5 Å². The third-order valence-electron chi connectivity index (χ3n) is 6.22. The Balaban J connectivity index is 5.49. The van der Waals surface area contributed by atoms with Gasteiger partial charge < -0.3 is 18.9 Å². The molecule has 210 valence electrons. The Labute approximate surface area is 238 Å². The third-order valence-corrected chi connectivity index (χ3v) is 9.09. The van der Waals surface area contributed by atoms with Crippen LogP contribution in [0, 0.1) is 23.7 Å². The van der Waals surface area contributed by atoms with Gasteiger partial charge in [0.2, 0.25) is 8.77 Å². The zero-order valence-corrected chi connectivity index (χ0v) is 26.8. The number of ether oxygens (including phenoxy) is 4. The molecule has 0 radical (unpaired) electrons. The lowest BCUT2D eigenvalue weighted by atomic mass is 9.98. The predicted molar refractivity (Wildman–Crippen MR) is 160 cm³/mol. The molecule has 0 fully saturated rings. The first-order valence-corrected chi connectivity index (χ1v) is 15.2. The van der Waals surface area contributed by atoms with E-state index < -0.39 is 0 Å². The van der Waals surface area contributed by atoms with E-state index in [0.29, 0.717) is 33.4 Å². The fourth-order valence-electron chi connectivity index (χ4n) is 3.11. The zero-order chi connectivity index (χ0) is 28.0. The van der Waals surface area contributed by atoms with Crippen molar-refractivity contribution in [3.8, 4) is 0 Å². The first kappa shape index (κ1) is 35.4. The number of esters is 2. The highest BCUT2D eigenvalue weighted by atomic mass is 32.2. The Hall–Kier alpha value is -0.580. The summed E-state index contributed by atoms with van der Waals surface area (Å²) in [6.45, 7) is 16.1. The molecule has 0 heterocycles. The molecule has 0 amide bonds. The summed E-state index contributed by atoms with van der Waals surface area (Å²) >= 11 is 14.0. The molecule has 0 aromatic rings. The van der Waals surface area contributed by atoms with Crippen LogP contribution in [0.4, 0.5) is 0 Å². The first-order chi connectivity index (χ1) is 16.7. The molecule has 6 atom stereocenters. The Morgan fingerprint density at radius 1 is 0.639 bits per heavy atom. The van der Waals surface area contributed by atoms with E-state index in [2.05, 4.69) is 27.7 Å². The van der Waals surface area contributed by atoms with Crippen molar-refractivity contribution < 1.29 is 28.5 Å².